The average molecular weight is 231 g/mol. The predicted molar refractivity (Wildman–Crippen MR) is 68.6 cm³/mol. The highest BCUT2D eigenvalue weighted by atomic mass is 16.5. The lowest BCUT2D eigenvalue weighted by molar-refractivity contribution is 0.190. The van der Waals surface area contributed by atoms with Crippen molar-refractivity contribution in [2.45, 2.75) is 13.0 Å². The Morgan fingerprint density at radius 3 is 3.06 bits per heavy atom. The minimum Gasteiger partial charge on any atom is -0.399 e. The molecule has 0 unspecified atom stereocenters. The van der Waals surface area contributed by atoms with Gasteiger partial charge in [-0.1, -0.05) is 12.1 Å². The van der Waals surface area contributed by atoms with E-state index in [0.29, 0.717) is 0 Å². The van der Waals surface area contributed by atoms with Crippen LogP contribution < -0.4 is 5.73 Å². The summed E-state index contributed by atoms with van der Waals surface area (Å²) in [5.74, 6) is 0.952. The van der Waals surface area contributed by atoms with E-state index in [2.05, 4.69) is 9.55 Å². The average Bonchev–Trinajstić information content (AvgIpc) is 2.78. The molecule has 90 valence electrons. The first-order valence-electron chi connectivity index (χ1n) is 5.67. The summed E-state index contributed by atoms with van der Waals surface area (Å²) >= 11 is 0. The number of aromatic nitrogens is 2. The van der Waals surface area contributed by atoms with Crippen LogP contribution in [0.15, 0.2) is 36.7 Å². The highest BCUT2D eigenvalue weighted by Gasteiger charge is 2.05. The summed E-state index contributed by atoms with van der Waals surface area (Å²) in [6.07, 6.45) is 4.77. The lowest BCUT2D eigenvalue weighted by Crippen LogP contribution is -2.02. The van der Waals surface area contributed by atoms with Gasteiger partial charge in [-0.3, -0.25) is 0 Å². The van der Waals surface area contributed by atoms with Gasteiger partial charge >= 0.3 is 0 Å². The zero-order valence-electron chi connectivity index (χ0n) is 9.97. The van der Waals surface area contributed by atoms with Gasteiger partial charge in [0.05, 0.1) is 0 Å². The third-order valence-corrected chi connectivity index (χ3v) is 2.61. The van der Waals surface area contributed by atoms with Crippen molar-refractivity contribution in [2.24, 2.45) is 0 Å². The smallest absolute Gasteiger partial charge is 0.139 e. The van der Waals surface area contributed by atoms with Gasteiger partial charge in [-0.25, -0.2) is 4.98 Å². The monoisotopic (exact) mass is 231 g/mol. The van der Waals surface area contributed by atoms with Gasteiger partial charge in [-0.15, -0.1) is 0 Å². The number of hydrogen-bond acceptors (Lipinski definition) is 3. The van der Waals surface area contributed by atoms with E-state index >= 15 is 0 Å². The van der Waals surface area contributed by atoms with Gasteiger partial charge in [0, 0.05) is 43.9 Å². The zero-order chi connectivity index (χ0) is 12.1. The fraction of sp³-hybridized carbons (Fsp3) is 0.308. The standard InChI is InChI=1S/C13H17N3O/c1-17-9-3-7-16-8-6-15-13(16)11-4-2-5-12(14)10-11/h2,4-6,8,10H,3,7,9,14H2,1H3. The summed E-state index contributed by atoms with van der Waals surface area (Å²) in [5, 5.41) is 0. The summed E-state index contributed by atoms with van der Waals surface area (Å²) in [6.45, 7) is 1.66. The normalized spacial score (nSPS) is 10.6. The fourth-order valence-corrected chi connectivity index (χ4v) is 1.81. The van der Waals surface area contributed by atoms with Crippen LogP contribution in [0.2, 0.25) is 0 Å². The Morgan fingerprint density at radius 2 is 2.29 bits per heavy atom. The maximum absolute atomic E-state index is 5.78. The molecule has 0 bridgehead atoms. The first-order valence-corrected chi connectivity index (χ1v) is 5.67. The summed E-state index contributed by atoms with van der Waals surface area (Å²) in [7, 11) is 1.71. The van der Waals surface area contributed by atoms with Crippen LogP contribution in [0.4, 0.5) is 5.69 Å². The van der Waals surface area contributed by atoms with Crippen LogP contribution in [-0.4, -0.2) is 23.3 Å². The van der Waals surface area contributed by atoms with Crippen LogP contribution in [0.1, 0.15) is 6.42 Å². The van der Waals surface area contributed by atoms with Crippen molar-refractivity contribution in [2.75, 3.05) is 19.5 Å². The highest BCUT2D eigenvalue weighted by Crippen LogP contribution is 2.19. The maximum atomic E-state index is 5.78. The summed E-state index contributed by atoms with van der Waals surface area (Å²) < 4.78 is 7.17. The molecular formula is C13H17N3O. The van der Waals surface area contributed by atoms with Crippen molar-refractivity contribution in [1.29, 1.82) is 0 Å². The van der Waals surface area contributed by atoms with E-state index in [1.807, 2.05) is 36.7 Å². The Morgan fingerprint density at radius 1 is 1.41 bits per heavy atom. The number of benzene rings is 1. The zero-order valence-corrected chi connectivity index (χ0v) is 9.97. The Kier molecular flexibility index (Phi) is 3.77. The molecule has 0 saturated heterocycles. The molecule has 17 heavy (non-hydrogen) atoms. The van der Waals surface area contributed by atoms with E-state index in [-0.39, 0.29) is 0 Å². The molecule has 0 atom stereocenters. The molecule has 1 aromatic carbocycles. The molecule has 2 rings (SSSR count). The van der Waals surface area contributed by atoms with Crippen LogP contribution in [0.3, 0.4) is 0 Å². The predicted octanol–water partition coefficient (Wildman–Crippen LogP) is 2.17. The molecule has 0 aliphatic carbocycles. The van der Waals surface area contributed by atoms with Crippen molar-refractivity contribution in [1.82, 2.24) is 9.55 Å². The number of hydrogen-bond donors (Lipinski definition) is 1. The van der Waals surface area contributed by atoms with E-state index in [9.17, 15) is 0 Å². The van der Waals surface area contributed by atoms with Crippen molar-refractivity contribution in [3.8, 4) is 11.4 Å². The number of methoxy groups -OCH3 is 1. The molecule has 0 saturated carbocycles. The third kappa shape index (κ3) is 2.85. The molecule has 0 aliphatic rings. The molecule has 0 spiro atoms. The lowest BCUT2D eigenvalue weighted by atomic mass is 10.2. The molecule has 1 heterocycles. The summed E-state index contributed by atoms with van der Waals surface area (Å²) in [5.41, 5.74) is 7.59. The van der Waals surface area contributed by atoms with Gasteiger partial charge in [0.1, 0.15) is 5.82 Å². The number of aryl methyl sites for hydroxylation is 1. The molecule has 0 aliphatic heterocycles. The van der Waals surface area contributed by atoms with Crippen LogP contribution in [0.25, 0.3) is 11.4 Å². The van der Waals surface area contributed by atoms with E-state index in [1.165, 1.54) is 0 Å². The SMILES string of the molecule is COCCCn1ccnc1-c1cccc(N)c1. The first kappa shape index (κ1) is 11.7. The van der Waals surface area contributed by atoms with Gasteiger partial charge in [-0.05, 0) is 18.6 Å². The minimum atomic E-state index is 0.758. The van der Waals surface area contributed by atoms with Gasteiger partial charge in [0.15, 0.2) is 0 Å². The number of ether oxygens (including phenoxy) is 1. The number of imidazole rings is 1. The molecule has 2 aromatic rings. The molecule has 4 heteroatoms. The minimum absolute atomic E-state index is 0.758. The molecule has 4 nitrogen and oxygen atoms in total. The second-order valence-corrected chi connectivity index (χ2v) is 3.92. The molecule has 0 fully saturated rings. The van der Waals surface area contributed by atoms with Gasteiger partial charge in [0.2, 0.25) is 0 Å². The molecular weight excluding hydrogens is 214 g/mol. The van der Waals surface area contributed by atoms with Crippen LogP contribution in [0.5, 0.6) is 0 Å². The number of nitrogens with zero attached hydrogens (tertiary/aromatic N) is 2. The Labute approximate surface area is 101 Å². The van der Waals surface area contributed by atoms with Gasteiger partial charge in [-0.2, -0.15) is 0 Å². The van der Waals surface area contributed by atoms with E-state index in [0.717, 1.165) is 36.6 Å². The van der Waals surface area contributed by atoms with Gasteiger partial charge < -0.3 is 15.0 Å². The van der Waals surface area contributed by atoms with Crippen LogP contribution >= 0.6 is 0 Å². The molecule has 0 amide bonds. The summed E-state index contributed by atoms with van der Waals surface area (Å²) in [4.78, 5) is 4.37. The second kappa shape index (κ2) is 5.50. The quantitative estimate of drug-likeness (QED) is 0.633. The lowest BCUT2D eigenvalue weighted by Gasteiger charge is -2.08. The Balaban J connectivity index is 2.18. The third-order valence-electron chi connectivity index (χ3n) is 2.61. The van der Waals surface area contributed by atoms with Crippen molar-refractivity contribution >= 4 is 5.69 Å². The topological polar surface area (TPSA) is 53.1 Å². The highest BCUT2D eigenvalue weighted by molar-refractivity contribution is 5.61. The molecule has 2 N–H and O–H groups in total. The number of rotatable bonds is 5. The fourth-order valence-electron chi connectivity index (χ4n) is 1.81. The largest absolute Gasteiger partial charge is 0.399 e. The van der Waals surface area contributed by atoms with Crippen molar-refractivity contribution in [3.05, 3.63) is 36.7 Å². The van der Waals surface area contributed by atoms with Crippen molar-refractivity contribution in [3.63, 3.8) is 0 Å². The van der Waals surface area contributed by atoms with E-state index in [4.69, 9.17) is 10.5 Å². The van der Waals surface area contributed by atoms with Crippen molar-refractivity contribution < 1.29 is 4.74 Å². The Hall–Kier alpha value is -1.81. The van der Waals surface area contributed by atoms with Crippen LogP contribution in [-0.2, 0) is 11.3 Å². The second-order valence-electron chi connectivity index (χ2n) is 3.92. The van der Waals surface area contributed by atoms with E-state index in [1.54, 1.807) is 7.11 Å². The first-order chi connectivity index (χ1) is 8.31. The van der Waals surface area contributed by atoms with Gasteiger partial charge in [0.25, 0.3) is 0 Å². The summed E-state index contributed by atoms with van der Waals surface area (Å²) in [6, 6.07) is 7.78. The number of anilines is 1. The van der Waals surface area contributed by atoms with E-state index < -0.39 is 0 Å². The van der Waals surface area contributed by atoms with Crippen LogP contribution in [0, 0.1) is 0 Å². The number of nitrogens with two attached hydrogens (primary N) is 1. The number of nitrogen functional groups attached to an aromatic ring is 1. The molecule has 1 aromatic heterocycles. The molecule has 0 radical (unpaired) electrons. The maximum Gasteiger partial charge on any atom is 0.139 e. The Bertz CT molecular complexity index is 479.